The number of carbonyl (C=O) groups is 1. The fourth-order valence-corrected chi connectivity index (χ4v) is 3.83. The number of carbonyl (C=O) groups excluding carboxylic acids is 1. The van der Waals surface area contributed by atoms with Crippen LogP contribution in [0.15, 0.2) is 59.0 Å². The van der Waals surface area contributed by atoms with E-state index in [1.54, 1.807) is 30.3 Å². The lowest BCUT2D eigenvalue weighted by Gasteiger charge is -2.35. The molecule has 156 valence electrons. The Bertz CT molecular complexity index is 1030. The molecule has 2 aromatic carbocycles. The molecule has 4 rings (SSSR count). The highest BCUT2D eigenvalue weighted by molar-refractivity contribution is 6.42. The second-order valence-electron chi connectivity index (χ2n) is 7.22. The molecule has 0 spiro atoms. The van der Waals surface area contributed by atoms with E-state index in [-0.39, 0.29) is 11.7 Å². The lowest BCUT2D eigenvalue weighted by molar-refractivity contribution is 0.0997. The minimum Gasteiger partial charge on any atom is -0.451 e. The summed E-state index contributed by atoms with van der Waals surface area (Å²) in [4.78, 5) is 17.4. The van der Waals surface area contributed by atoms with Crippen molar-refractivity contribution in [2.75, 3.05) is 42.9 Å². The van der Waals surface area contributed by atoms with Crippen LogP contribution in [0.3, 0.4) is 0 Å². The van der Waals surface area contributed by atoms with Crippen molar-refractivity contribution in [3.05, 3.63) is 70.4 Å². The molecule has 30 heavy (non-hydrogen) atoms. The van der Waals surface area contributed by atoms with Gasteiger partial charge in [-0.25, -0.2) is 0 Å². The number of furan rings is 1. The Balaban J connectivity index is 1.39. The summed E-state index contributed by atoms with van der Waals surface area (Å²) in [5, 5.41) is 3.79. The number of halogens is 2. The molecule has 1 fully saturated rings. The number of benzene rings is 2. The third-order valence-corrected chi connectivity index (χ3v) is 6.08. The first-order valence-electron chi connectivity index (χ1n) is 9.97. The molecule has 0 atom stereocenters. The molecule has 3 aromatic rings. The van der Waals surface area contributed by atoms with E-state index in [2.05, 4.69) is 22.0 Å². The second-order valence-corrected chi connectivity index (χ2v) is 8.03. The van der Waals surface area contributed by atoms with E-state index < -0.39 is 0 Å². The molecular formula is C23H23Cl2N3O2. The van der Waals surface area contributed by atoms with E-state index in [1.165, 1.54) is 5.69 Å². The molecule has 1 saturated heterocycles. The fraction of sp³-hybridized carbons (Fsp3) is 0.261. The molecule has 0 unspecified atom stereocenters. The molecule has 7 heteroatoms. The van der Waals surface area contributed by atoms with Crippen molar-refractivity contribution in [1.82, 2.24) is 4.90 Å². The van der Waals surface area contributed by atoms with Crippen LogP contribution in [0.4, 0.5) is 11.4 Å². The number of hydrogen-bond donors (Lipinski definition) is 1. The van der Waals surface area contributed by atoms with Crippen LogP contribution in [0, 0.1) is 0 Å². The number of rotatable bonds is 5. The first-order valence-corrected chi connectivity index (χ1v) is 10.7. The smallest absolute Gasteiger partial charge is 0.291 e. The van der Waals surface area contributed by atoms with Crippen LogP contribution < -0.4 is 10.2 Å². The lowest BCUT2D eigenvalue weighted by Crippen LogP contribution is -2.46. The third kappa shape index (κ3) is 4.64. The van der Waals surface area contributed by atoms with Gasteiger partial charge in [0.15, 0.2) is 5.76 Å². The Morgan fingerprint density at radius 3 is 2.37 bits per heavy atom. The van der Waals surface area contributed by atoms with E-state index in [9.17, 15) is 4.79 Å². The van der Waals surface area contributed by atoms with E-state index in [0.717, 1.165) is 44.0 Å². The zero-order valence-electron chi connectivity index (χ0n) is 16.7. The molecule has 1 N–H and O–H groups in total. The summed E-state index contributed by atoms with van der Waals surface area (Å²) in [6.45, 7) is 7.48. The summed E-state index contributed by atoms with van der Waals surface area (Å²) < 4.78 is 5.71. The van der Waals surface area contributed by atoms with Crippen LogP contribution in [0.25, 0.3) is 11.3 Å². The zero-order valence-corrected chi connectivity index (χ0v) is 18.2. The number of hydrogen-bond acceptors (Lipinski definition) is 4. The second kappa shape index (κ2) is 9.13. The average molecular weight is 444 g/mol. The van der Waals surface area contributed by atoms with Crippen molar-refractivity contribution < 1.29 is 9.21 Å². The molecule has 1 aliphatic rings. The minimum atomic E-state index is -0.300. The van der Waals surface area contributed by atoms with Crippen LogP contribution >= 0.6 is 23.2 Å². The zero-order chi connectivity index (χ0) is 21.1. The van der Waals surface area contributed by atoms with E-state index in [4.69, 9.17) is 27.6 Å². The fourth-order valence-electron chi connectivity index (χ4n) is 3.54. The molecule has 0 bridgehead atoms. The maximum absolute atomic E-state index is 12.6. The van der Waals surface area contributed by atoms with Crippen LogP contribution in [0.1, 0.15) is 17.5 Å². The quantitative estimate of drug-likeness (QED) is 0.553. The molecular weight excluding hydrogens is 421 g/mol. The van der Waals surface area contributed by atoms with E-state index >= 15 is 0 Å². The van der Waals surface area contributed by atoms with Gasteiger partial charge in [0.25, 0.3) is 5.91 Å². The van der Waals surface area contributed by atoms with Gasteiger partial charge in [-0.05, 0) is 61.1 Å². The summed E-state index contributed by atoms with van der Waals surface area (Å²) in [5.41, 5.74) is 2.66. The third-order valence-electron chi connectivity index (χ3n) is 5.34. The highest BCUT2D eigenvalue weighted by Crippen LogP contribution is 2.30. The van der Waals surface area contributed by atoms with Crippen molar-refractivity contribution in [2.45, 2.75) is 6.92 Å². The normalized spacial score (nSPS) is 14.7. The van der Waals surface area contributed by atoms with Gasteiger partial charge in [0, 0.05) is 43.1 Å². The van der Waals surface area contributed by atoms with Crippen LogP contribution in [0.2, 0.25) is 10.0 Å². The van der Waals surface area contributed by atoms with Crippen molar-refractivity contribution in [1.29, 1.82) is 0 Å². The number of amides is 1. The van der Waals surface area contributed by atoms with Crippen LogP contribution in [-0.2, 0) is 0 Å². The van der Waals surface area contributed by atoms with Crippen molar-refractivity contribution >= 4 is 40.5 Å². The molecule has 0 aliphatic carbocycles. The highest BCUT2D eigenvalue weighted by atomic mass is 35.5. The predicted octanol–water partition coefficient (Wildman–Crippen LogP) is 5.65. The molecule has 1 amide bonds. The molecule has 0 radical (unpaired) electrons. The van der Waals surface area contributed by atoms with Crippen molar-refractivity contribution in [3.8, 4) is 11.3 Å². The SMILES string of the molecule is CCN1CCN(c2ccc(NC(=O)c3ccc(-c4ccc(Cl)c(Cl)c4)o3)cc2)CC1. The number of piperazine rings is 1. The minimum absolute atomic E-state index is 0.232. The van der Waals surface area contributed by atoms with Gasteiger partial charge < -0.3 is 19.5 Å². The van der Waals surface area contributed by atoms with Crippen molar-refractivity contribution in [3.63, 3.8) is 0 Å². The Labute approximate surface area is 186 Å². The topological polar surface area (TPSA) is 48.7 Å². The number of anilines is 2. The van der Waals surface area contributed by atoms with Gasteiger partial charge in [0.2, 0.25) is 0 Å². The van der Waals surface area contributed by atoms with Gasteiger partial charge in [-0.2, -0.15) is 0 Å². The first kappa shape index (κ1) is 20.8. The maximum Gasteiger partial charge on any atom is 0.291 e. The van der Waals surface area contributed by atoms with Gasteiger partial charge >= 0.3 is 0 Å². The Morgan fingerprint density at radius 2 is 1.70 bits per heavy atom. The highest BCUT2D eigenvalue weighted by Gasteiger charge is 2.17. The van der Waals surface area contributed by atoms with Gasteiger partial charge in [-0.1, -0.05) is 30.1 Å². The summed E-state index contributed by atoms with van der Waals surface area (Å²) in [6, 6.07) is 16.5. The average Bonchev–Trinajstić information content (AvgIpc) is 3.27. The summed E-state index contributed by atoms with van der Waals surface area (Å²) in [6.07, 6.45) is 0. The van der Waals surface area contributed by atoms with Gasteiger partial charge in [-0.3, -0.25) is 4.79 Å². The Hall–Kier alpha value is -2.47. The van der Waals surface area contributed by atoms with Gasteiger partial charge in [0.1, 0.15) is 5.76 Å². The molecule has 5 nitrogen and oxygen atoms in total. The van der Waals surface area contributed by atoms with Gasteiger partial charge in [-0.15, -0.1) is 0 Å². The van der Waals surface area contributed by atoms with E-state index in [0.29, 0.717) is 15.8 Å². The van der Waals surface area contributed by atoms with Crippen LogP contribution in [0.5, 0.6) is 0 Å². The van der Waals surface area contributed by atoms with Crippen molar-refractivity contribution in [2.24, 2.45) is 0 Å². The Kier molecular flexibility index (Phi) is 6.32. The monoisotopic (exact) mass is 443 g/mol. The van der Waals surface area contributed by atoms with E-state index in [1.807, 2.05) is 24.3 Å². The molecule has 0 saturated carbocycles. The van der Waals surface area contributed by atoms with Gasteiger partial charge in [0.05, 0.1) is 10.0 Å². The molecule has 1 aromatic heterocycles. The lowest BCUT2D eigenvalue weighted by atomic mass is 10.2. The summed E-state index contributed by atoms with van der Waals surface area (Å²) in [7, 11) is 0. The first-order chi connectivity index (χ1) is 14.5. The largest absolute Gasteiger partial charge is 0.451 e. The predicted molar refractivity (Wildman–Crippen MR) is 123 cm³/mol. The maximum atomic E-state index is 12.6. The molecule has 2 heterocycles. The summed E-state index contributed by atoms with van der Waals surface area (Å²) in [5.74, 6) is 0.488. The summed E-state index contributed by atoms with van der Waals surface area (Å²) >= 11 is 12.0. The van der Waals surface area contributed by atoms with Crippen LogP contribution in [-0.4, -0.2) is 43.5 Å². The Morgan fingerprint density at radius 1 is 0.967 bits per heavy atom. The number of nitrogens with one attached hydrogen (secondary N) is 1. The number of nitrogens with zero attached hydrogens (tertiary/aromatic N) is 2. The number of likely N-dealkylation sites (N-methyl/N-ethyl adjacent to an activating group) is 1. The molecule has 1 aliphatic heterocycles. The standard InChI is InChI=1S/C23H23Cl2N3O2/c1-2-27-11-13-28(14-12-27)18-6-4-17(5-7-18)26-23(29)22-10-9-21(30-22)16-3-8-19(24)20(25)15-16/h3-10,15H,2,11-14H2,1H3,(H,26,29).